The first-order chi connectivity index (χ1) is 21.9. The summed E-state index contributed by atoms with van der Waals surface area (Å²) in [7, 11) is 4.67. The van der Waals surface area contributed by atoms with Crippen LogP contribution in [0.15, 0.2) is 87.8 Å². The third-order valence-corrected chi connectivity index (χ3v) is 8.10. The first kappa shape index (κ1) is 31.4. The highest BCUT2D eigenvalue weighted by molar-refractivity contribution is 7.07. The maximum absolute atomic E-state index is 14.1. The van der Waals surface area contributed by atoms with Gasteiger partial charge < -0.3 is 28.4 Å². The summed E-state index contributed by atoms with van der Waals surface area (Å²) in [5.41, 5.74) is 1.81. The number of thiazole rings is 1. The predicted molar refractivity (Wildman–Crippen MR) is 170 cm³/mol. The van der Waals surface area contributed by atoms with E-state index < -0.39 is 12.0 Å². The van der Waals surface area contributed by atoms with E-state index in [2.05, 4.69) is 4.99 Å². The third-order valence-electron chi connectivity index (χ3n) is 7.11. The van der Waals surface area contributed by atoms with Crippen molar-refractivity contribution in [3.05, 3.63) is 109 Å². The molecule has 1 aromatic heterocycles. The molecule has 3 aromatic carbocycles. The van der Waals surface area contributed by atoms with Gasteiger partial charge in [0.1, 0.15) is 19.0 Å². The summed E-state index contributed by atoms with van der Waals surface area (Å²) < 4.78 is 35.5. The molecule has 2 heterocycles. The minimum absolute atomic E-state index is 0.180. The second-order valence-electron chi connectivity index (χ2n) is 9.80. The number of hydrogen-bond acceptors (Lipinski definition) is 10. The first-order valence-corrected chi connectivity index (χ1v) is 15.1. The van der Waals surface area contributed by atoms with E-state index in [-0.39, 0.29) is 31.0 Å². The van der Waals surface area contributed by atoms with Crippen LogP contribution in [0.5, 0.6) is 28.7 Å². The smallest absolute Gasteiger partial charge is 0.338 e. The fourth-order valence-corrected chi connectivity index (χ4v) is 6.08. The lowest BCUT2D eigenvalue weighted by Crippen LogP contribution is -2.40. The molecular formula is C34H34N2O8S. The highest BCUT2D eigenvalue weighted by atomic mass is 32.1. The number of nitrogens with zero attached hydrogens (tertiary/aromatic N) is 2. The minimum atomic E-state index is -0.791. The number of allylic oxidation sites excluding steroid dienone is 1. The SMILES string of the molecule is CCOC(=O)C1=C(C)N=c2s/c(=C/c3ccccc3OCCOc3ccccc3OC)c(=O)n2[C@H]1c1ccc(OC)c(OC)c1. The second-order valence-corrected chi connectivity index (χ2v) is 10.8. The predicted octanol–water partition coefficient (Wildman–Crippen LogP) is 4.28. The molecule has 0 spiro atoms. The van der Waals surface area contributed by atoms with E-state index in [1.54, 1.807) is 52.3 Å². The second kappa shape index (κ2) is 14.2. The lowest BCUT2D eigenvalue weighted by atomic mass is 9.95. The Balaban J connectivity index is 1.51. The number of hydrogen-bond donors (Lipinski definition) is 0. The third kappa shape index (κ3) is 6.58. The summed E-state index contributed by atoms with van der Waals surface area (Å²) in [5, 5.41) is 0. The molecule has 0 amide bonds. The van der Waals surface area contributed by atoms with Gasteiger partial charge in [-0.3, -0.25) is 9.36 Å². The highest BCUT2D eigenvalue weighted by Gasteiger charge is 2.34. The van der Waals surface area contributed by atoms with Crippen molar-refractivity contribution in [1.82, 2.24) is 4.57 Å². The average molecular weight is 631 g/mol. The summed E-state index contributed by atoms with van der Waals surface area (Å²) in [6.45, 7) is 4.22. The van der Waals surface area contributed by atoms with Crippen molar-refractivity contribution in [2.45, 2.75) is 19.9 Å². The number of carbonyl (C=O) groups is 1. The van der Waals surface area contributed by atoms with Crippen LogP contribution in [0.4, 0.5) is 0 Å². The zero-order valence-corrected chi connectivity index (χ0v) is 26.5. The molecule has 45 heavy (non-hydrogen) atoms. The van der Waals surface area contributed by atoms with Crippen LogP contribution >= 0.6 is 11.3 Å². The standard InChI is InChI=1S/C34H34N2O8S/c1-6-42-33(38)30-21(2)35-34-36(31(30)23-15-16-26(40-4)28(19-23)41-5)32(37)29(45-34)20-22-11-7-8-12-24(22)43-17-18-44-27-14-10-9-13-25(27)39-3/h7-16,19-20,31H,6,17-18H2,1-5H3/b29-20+/t31-/m0/s1. The number of para-hydroxylation sites is 3. The molecule has 1 aliphatic heterocycles. The van der Waals surface area contributed by atoms with Crippen molar-refractivity contribution in [1.29, 1.82) is 0 Å². The summed E-state index contributed by atoms with van der Waals surface area (Å²) in [6, 6.07) is 19.4. The fourth-order valence-electron chi connectivity index (χ4n) is 5.04. The summed E-state index contributed by atoms with van der Waals surface area (Å²) in [4.78, 5) is 32.4. The van der Waals surface area contributed by atoms with Crippen LogP contribution in [-0.4, -0.2) is 51.7 Å². The van der Waals surface area contributed by atoms with E-state index in [9.17, 15) is 9.59 Å². The maximum Gasteiger partial charge on any atom is 0.338 e. The van der Waals surface area contributed by atoms with Crippen LogP contribution in [0.2, 0.25) is 0 Å². The van der Waals surface area contributed by atoms with Gasteiger partial charge in [-0.25, -0.2) is 9.79 Å². The van der Waals surface area contributed by atoms with Gasteiger partial charge in [-0.1, -0.05) is 47.7 Å². The van der Waals surface area contributed by atoms with E-state index in [0.29, 0.717) is 54.9 Å². The molecule has 0 fully saturated rings. The molecule has 0 radical (unpaired) electrons. The molecule has 11 heteroatoms. The maximum atomic E-state index is 14.1. The van der Waals surface area contributed by atoms with Gasteiger partial charge in [0.2, 0.25) is 0 Å². The topological polar surface area (TPSA) is 107 Å². The largest absolute Gasteiger partial charge is 0.493 e. The van der Waals surface area contributed by atoms with Crippen LogP contribution in [0.1, 0.15) is 31.0 Å². The van der Waals surface area contributed by atoms with Gasteiger partial charge in [-0.05, 0) is 55.8 Å². The van der Waals surface area contributed by atoms with Gasteiger partial charge in [-0.2, -0.15) is 0 Å². The van der Waals surface area contributed by atoms with E-state index in [0.717, 1.165) is 0 Å². The highest BCUT2D eigenvalue weighted by Crippen LogP contribution is 2.36. The van der Waals surface area contributed by atoms with E-state index in [4.69, 9.17) is 28.4 Å². The number of ether oxygens (including phenoxy) is 6. The number of rotatable bonds is 12. The van der Waals surface area contributed by atoms with Gasteiger partial charge >= 0.3 is 5.97 Å². The zero-order valence-electron chi connectivity index (χ0n) is 25.7. The molecule has 0 aliphatic carbocycles. The van der Waals surface area contributed by atoms with Gasteiger partial charge in [-0.15, -0.1) is 0 Å². The van der Waals surface area contributed by atoms with Crippen molar-refractivity contribution < 1.29 is 33.2 Å². The molecule has 1 atom stereocenters. The van der Waals surface area contributed by atoms with Crippen molar-refractivity contribution in [3.8, 4) is 28.7 Å². The summed E-state index contributed by atoms with van der Waals surface area (Å²) in [6.07, 6.45) is 1.77. The molecule has 0 saturated heterocycles. The Labute approximate surface area is 264 Å². The van der Waals surface area contributed by atoms with Gasteiger partial charge in [0, 0.05) is 5.56 Å². The Morgan fingerprint density at radius 1 is 0.867 bits per heavy atom. The molecule has 234 valence electrons. The quantitative estimate of drug-likeness (QED) is 0.169. The van der Waals surface area contributed by atoms with Crippen molar-refractivity contribution in [3.63, 3.8) is 0 Å². The Morgan fingerprint density at radius 3 is 2.18 bits per heavy atom. The summed E-state index contributed by atoms with van der Waals surface area (Å²) in [5.74, 6) is 2.31. The fraction of sp³-hybridized carbons (Fsp3) is 0.265. The van der Waals surface area contributed by atoms with E-state index in [1.165, 1.54) is 23.0 Å². The number of carbonyl (C=O) groups excluding carboxylic acids is 1. The average Bonchev–Trinajstić information content (AvgIpc) is 3.36. The number of methoxy groups -OCH3 is 3. The number of esters is 1. The molecule has 1 aliphatic rings. The van der Waals surface area contributed by atoms with E-state index >= 15 is 0 Å². The minimum Gasteiger partial charge on any atom is -0.493 e. The molecule has 0 N–H and O–H groups in total. The van der Waals surface area contributed by atoms with Crippen LogP contribution in [0.25, 0.3) is 6.08 Å². The first-order valence-electron chi connectivity index (χ1n) is 14.3. The summed E-state index contributed by atoms with van der Waals surface area (Å²) >= 11 is 1.23. The molecule has 10 nitrogen and oxygen atoms in total. The Bertz CT molecular complexity index is 1910. The van der Waals surface area contributed by atoms with Crippen molar-refractivity contribution >= 4 is 23.4 Å². The van der Waals surface area contributed by atoms with Crippen molar-refractivity contribution in [2.24, 2.45) is 4.99 Å². The van der Waals surface area contributed by atoms with Crippen LogP contribution < -0.4 is 38.6 Å². The molecule has 0 bridgehead atoms. The normalized spacial score (nSPS) is 14.3. The van der Waals surface area contributed by atoms with Crippen molar-refractivity contribution in [2.75, 3.05) is 41.2 Å². The van der Waals surface area contributed by atoms with Gasteiger partial charge in [0.05, 0.1) is 49.8 Å². The number of aromatic nitrogens is 1. The van der Waals surface area contributed by atoms with Crippen LogP contribution in [-0.2, 0) is 9.53 Å². The molecule has 4 aromatic rings. The lowest BCUT2D eigenvalue weighted by Gasteiger charge is -2.25. The Morgan fingerprint density at radius 2 is 1.49 bits per heavy atom. The number of benzene rings is 3. The zero-order chi connectivity index (χ0) is 31.9. The lowest BCUT2D eigenvalue weighted by molar-refractivity contribution is -0.139. The Kier molecular flexibility index (Phi) is 9.89. The van der Waals surface area contributed by atoms with Crippen LogP contribution in [0.3, 0.4) is 0 Å². The van der Waals surface area contributed by atoms with E-state index in [1.807, 2.05) is 48.5 Å². The molecule has 0 unspecified atom stereocenters. The Hall–Kier alpha value is -5.03. The monoisotopic (exact) mass is 630 g/mol. The van der Waals surface area contributed by atoms with Gasteiger partial charge in [0.25, 0.3) is 5.56 Å². The van der Waals surface area contributed by atoms with Crippen LogP contribution in [0, 0.1) is 0 Å². The molecule has 0 saturated carbocycles. The molecular weight excluding hydrogens is 596 g/mol. The molecule has 5 rings (SSSR count). The van der Waals surface area contributed by atoms with Gasteiger partial charge in [0.15, 0.2) is 27.8 Å². The number of fused-ring (bicyclic) bond motifs is 1.